The van der Waals surface area contributed by atoms with Crippen LogP contribution in [-0.2, 0) is 22.4 Å². The lowest BCUT2D eigenvalue weighted by molar-refractivity contribution is -0.131. The molecule has 2 aliphatic heterocycles. The molecular formula is C23H29N3O3. The predicted molar refractivity (Wildman–Crippen MR) is 112 cm³/mol. The first-order valence-electron chi connectivity index (χ1n) is 10.1. The SMILES string of the molecule is CC(C)C1Oc2ccc(cc2)CCNC(=O)C(Cc2ccccc2)NC(=O)C1N. The van der Waals surface area contributed by atoms with Crippen LogP contribution >= 0.6 is 0 Å². The number of hydrogen-bond acceptors (Lipinski definition) is 4. The van der Waals surface area contributed by atoms with Gasteiger partial charge in [-0.15, -0.1) is 0 Å². The zero-order valence-electron chi connectivity index (χ0n) is 16.9. The smallest absolute Gasteiger partial charge is 0.242 e. The Balaban J connectivity index is 1.86. The van der Waals surface area contributed by atoms with E-state index in [4.69, 9.17) is 10.5 Å². The van der Waals surface area contributed by atoms with E-state index in [9.17, 15) is 9.59 Å². The first-order valence-corrected chi connectivity index (χ1v) is 10.1. The highest BCUT2D eigenvalue weighted by Crippen LogP contribution is 2.19. The highest BCUT2D eigenvalue weighted by molar-refractivity contribution is 5.90. The molecule has 0 saturated heterocycles. The Hall–Kier alpha value is -2.86. The lowest BCUT2D eigenvalue weighted by Crippen LogP contribution is -2.57. The third-order valence-corrected chi connectivity index (χ3v) is 5.14. The second-order valence-corrected chi connectivity index (χ2v) is 7.79. The van der Waals surface area contributed by atoms with Crippen molar-refractivity contribution in [2.75, 3.05) is 6.54 Å². The van der Waals surface area contributed by atoms with E-state index in [1.165, 1.54) is 0 Å². The molecule has 3 unspecified atom stereocenters. The molecule has 2 aliphatic rings. The Morgan fingerprint density at radius 3 is 2.38 bits per heavy atom. The van der Waals surface area contributed by atoms with E-state index in [1.54, 1.807) is 0 Å². The number of amides is 2. The quantitative estimate of drug-likeness (QED) is 0.739. The standard InChI is InChI=1S/C23H29N3O3/c1-15(2)21-20(24)23(28)26-19(14-17-6-4-3-5-7-17)22(27)25-13-12-16-8-10-18(29-21)11-9-16/h3-11,15,19-21H,12-14,24H2,1-2H3,(H,25,27)(H,26,28). The van der Waals surface area contributed by atoms with Gasteiger partial charge in [-0.05, 0) is 35.6 Å². The van der Waals surface area contributed by atoms with Crippen molar-refractivity contribution in [2.24, 2.45) is 11.7 Å². The third-order valence-electron chi connectivity index (χ3n) is 5.14. The summed E-state index contributed by atoms with van der Waals surface area (Å²) in [5.74, 6) is 0.0842. The molecule has 6 nitrogen and oxygen atoms in total. The minimum absolute atomic E-state index is 0.0183. The molecule has 3 atom stereocenters. The van der Waals surface area contributed by atoms with Crippen LogP contribution in [0.4, 0.5) is 0 Å². The molecule has 4 N–H and O–H groups in total. The molecular weight excluding hydrogens is 366 g/mol. The highest BCUT2D eigenvalue weighted by atomic mass is 16.5. The topological polar surface area (TPSA) is 93.5 Å². The monoisotopic (exact) mass is 395 g/mol. The van der Waals surface area contributed by atoms with Crippen molar-refractivity contribution in [3.8, 4) is 5.75 Å². The summed E-state index contributed by atoms with van der Waals surface area (Å²) in [5, 5.41) is 5.78. The zero-order valence-corrected chi connectivity index (χ0v) is 16.9. The van der Waals surface area contributed by atoms with Crippen molar-refractivity contribution in [3.63, 3.8) is 0 Å². The Morgan fingerprint density at radius 2 is 1.72 bits per heavy atom. The van der Waals surface area contributed by atoms with E-state index < -0.39 is 24.1 Å². The average Bonchev–Trinajstić information content (AvgIpc) is 2.72. The Bertz CT molecular complexity index is 821. The summed E-state index contributed by atoms with van der Waals surface area (Å²) in [4.78, 5) is 25.7. The summed E-state index contributed by atoms with van der Waals surface area (Å²) < 4.78 is 6.05. The van der Waals surface area contributed by atoms with Gasteiger partial charge >= 0.3 is 0 Å². The summed E-state index contributed by atoms with van der Waals surface area (Å²) in [6.45, 7) is 4.41. The lowest BCUT2D eigenvalue weighted by Gasteiger charge is -2.29. The molecule has 2 heterocycles. The molecule has 2 bridgehead atoms. The van der Waals surface area contributed by atoms with Gasteiger partial charge in [0.15, 0.2) is 0 Å². The van der Waals surface area contributed by atoms with Gasteiger partial charge in [-0.2, -0.15) is 0 Å². The van der Waals surface area contributed by atoms with Gasteiger partial charge in [-0.1, -0.05) is 56.3 Å². The number of fused-ring (bicyclic) bond motifs is 11. The fourth-order valence-corrected chi connectivity index (χ4v) is 3.45. The average molecular weight is 396 g/mol. The van der Waals surface area contributed by atoms with Gasteiger partial charge in [0.25, 0.3) is 0 Å². The van der Waals surface area contributed by atoms with Crippen LogP contribution in [0.15, 0.2) is 54.6 Å². The molecule has 0 aliphatic carbocycles. The van der Waals surface area contributed by atoms with Crippen molar-refractivity contribution >= 4 is 11.8 Å². The van der Waals surface area contributed by atoms with Gasteiger partial charge in [-0.25, -0.2) is 0 Å². The summed E-state index contributed by atoms with van der Waals surface area (Å²) in [6.07, 6.45) is 0.585. The van der Waals surface area contributed by atoms with Crippen molar-refractivity contribution in [2.45, 2.75) is 44.9 Å². The molecule has 2 amide bonds. The van der Waals surface area contributed by atoms with Crippen LogP contribution in [0.5, 0.6) is 5.75 Å². The van der Waals surface area contributed by atoms with Crippen LogP contribution in [0.1, 0.15) is 25.0 Å². The Labute approximate surface area is 171 Å². The first-order chi connectivity index (χ1) is 13.9. The van der Waals surface area contributed by atoms with Crippen LogP contribution in [0.2, 0.25) is 0 Å². The molecule has 6 heteroatoms. The largest absolute Gasteiger partial charge is 0.488 e. The van der Waals surface area contributed by atoms with Crippen LogP contribution < -0.4 is 21.1 Å². The van der Waals surface area contributed by atoms with E-state index in [1.807, 2.05) is 68.4 Å². The fraction of sp³-hybridized carbons (Fsp3) is 0.391. The number of carbonyl (C=O) groups excluding carboxylic acids is 2. The maximum atomic E-state index is 12.9. The first kappa shape index (κ1) is 20.9. The molecule has 4 rings (SSSR count). The fourth-order valence-electron chi connectivity index (χ4n) is 3.45. The normalized spacial score (nSPS) is 23.1. The van der Waals surface area contributed by atoms with Crippen molar-refractivity contribution in [3.05, 3.63) is 65.7 Å². The summed E-state index contributed by atoms with van der Waals surface area (Å²) in [7, 11) is 0. The summed E-state index contributed by atoms with van der Waals surface area (Å²) >= 11 is 0. The predicted octanol–water partition coefficient (Wildman–Crippen LogP) is 1.82. The lowest BCUT2D eigenvalue weighted by atomic mass is 9.98. The van der Waals surface area contributed by atoms with Gasteiger partial charge in [0.2, 0.25) is 11.8 Å². The highest BCUT2D eigenvalue weighted by Gasteiger charge is 2.32. The molecule has 0 fully saturated rings. The second-order valence-electron chi connectivity index (χ2n) is 7.79. The Morgan fingerprint density at radius 1 is 1.03 bits per heavy atom. The van der Waals surface area contributed by atoms with Crippen LogP contribution in [-0.4, -0.2) is 36.5 Å². The van der Waals surface area contributed by atoms with E-state index in [2.05, 4.69) is 10.6 Å². The molecule has 154 valence electrons. The number of nitrogens with one attached hydrogen (secondary N) is 2. The van der Waals surface area contributed by atoms with Gasteiger partial charge < -0.3 is 21.1 Å². The summed E-state index contributed by atoms with van der Waals surface area (Å²) in [6, 6.07) is 15.7. The van der Waals surface area contributed by atoms with Crippen molar-refractivity contribution in [1.29, 1.82) is 0 Å². The van der Waals surface area contributed by atoms with E-state index in [0.717, 1.165) is 11.1 Å². The zero-order chi connectivity index (χ0) is 20.8. The van der Waals surface area contributed by atoms with Crippen LogP contribution in [0.3, 0.4) is 0 Å². The Kier molecular flexibility index (Phi) is 6.88. The third kappa shape index (κ3) is 5.57. The number of carbonyl (C=O) groups is 2. The van der Waals surface area contributed by atoms with E-state index >= 15 is 0 Å². The molecule has 2 aromatic rings. The maximum Gasteiger partial charge on any atom is 0.242 e. The molecule has 0 spiro atoms. The molecule has 29 heavy (non-hydrogen) atoms. The van der Waals surface area contributed by atoms with E-state index in [-0.39, 0.29) is 11.8 Å². The van der Waals surface area contributed by atoms with Gasteiger partial charge in [0.05, 0.1) is 0 Å². The molecule has 0 saturated carbocycles. The number of nitrogens with two attached hydrogens (primary N) is 1. The minimum atomic E-state index is -0.899. The number of ether oxygens (including phenoxy) is 1. The molecule has 0 radical (unpaired) electrons. The van der Waals surface area contributed by atoms with Crippen molar-refractivity contribution in [1.82, 2.24) is 10.6 Å². The molecule has 0 aromatic heterocycles. The van der Waals surface area contributed by atoms with Gasteiger partial charge in [-0.3, -0.25) is 9.59 Å². The van der Waals surface area contributed by atoms with Gasteiger partial charge in [0.1, 0.15) is 23.9 Å². The number of benzene rings is 2. The number of rotatable bonds is 3. The number of hydrogen-bond donors (Lipinski definition) is 3. The maximum absolute atomic E-state index is 12.9. The van der Waals surface area contributed by atoms with Crippen molar-refractivity contribution < 1.29 is 14.3 Å². The van der Waals surface area contributed by atoms with Crippen LogP contribution in [0.25, 0.3) is 0 Å². The molecule has 2 aromatic carbocycles. The minimum Gasteiger partial charge on any atom is -0.488 e. The second kappa shape index (κ2) is 9.56. The van der Waals surface area contributed by atoms with Gasteiger partial charge in [0, 0.05) is 13.0 Å². The van der Waals surface area contributed by atoms with Crippen LogP contribution in [0, 0.1) is 5.92 Å². The van der Waals surface area contributed by atoms with E-state index in [0.29, 0.717) is 25.1 Å². The summed E-state index contributed by atoms with van der Waals surface area (Å²) in [5.41, 5.74) is 8.34.